The average Bonchev–Trinajstić information content (AvgIpc) is 2.06. The zero-order valence-corrected chi connectivity index (χ0v) is 7.18. The molecule has 3 heteroatoms. The molecule has 1 rings (SSSR count). The smallest absolute Gasteiger partial charge is 0.101 e. The number of nitrogens with zero attached hydrogens (tertiary/aromatic N) is 2. The molecular formula is C9H5ClN2. The maximum absolute atomic E-state index is 8.68. The molecule has 0 saturated carbocycles. The molecule has 0 aliphatic carbocycles. The minimum atomic E-state index is 0.250. The van der Waals surface area contributed by atoms with Gasteiger partial charge in [0.1, 0.15) is 12.1 Å². The second-order valence-electron chi connectivity index (χ2n) is 2.34. The van der Waals surface area contributed by atoms with Gasteiger partial charge in [0.2, 0.25) is 0 Å². The summed E-state index contributed by atoms with van der Waals surface area (Å²) in [7, 11) is 0. The van der Waals surface area contributed by atoms with Crippen molar-refractivity contribution in [3.05, 3.63) is 33.8 Å². The molecule has 2 nitrogen and oxygen atoms in total. The number of nitriles is 2. The summed E-state index contributed by atoms with van der Waals surface area (Å²) in [5.74, 6) is 0. The van der Waals surface area contributed by atoms with E-state index in [1.54, 1.807) is 19.1 Å². The summed E-state index contributed by atoms with van der Waals surface area (Å²) in [5.41, 5.74) is 1.52. The van der Waals surface area contributed by atoms with Gasteiger partial charge in [-0.15, -0.1) is 0 Å². The van der Waals surface area contributed by atoms with Crippen LogP contribution in [-0.2, 0) is 0 Å². The van der Waals surface area contributed by atoms with Crippen LogP contribution in [0.1, 0.15) is 16.7 Å². The fraction of sp³-hybridized carbons (Fsp3) is 0.111. The standard InChI is InChI=1S/C9H5ClN2/c1-6-2-3-7(4-11)9(10)8(6)5-12/h2-3H,1H3. The Morgan fingerprint density at radius 3 is 2.42 bits per heavy atom. The summed E-state index contributed by atoms with van der Waals surface area (Å²) in [6.45, 7) is 1.78. The molecule has 0 unspecified atom stereocenters. The topological polar surface area (TPSA) is 47.6 Å². The molecule has 58 valence electrons. The lowest BCUT2D eigenvalue weighted by Gasteiger charge is -2.00. The molecule has 0 heterocycles. The van der Waals surface area contributed by atoms with E-state index in [9.17, 15) is 0 Å². The Labute approximate surface area is 75.6 Å². The zero-order chi connectivity index (χ0) is 9.14. The van der Waals surface area contributed by atoms with Gasteiger partial charge in [0.15, 0.2) is 0 Å². The molecule has 0 fully saturated rings. The van der Waals surface area contributed by atoms with Crippen LogP contribution in [0.25, 0.3) is 0 Å². The van der Waals surface area contributed by atoms with Crippen molar-refractivity contribution in [3.8, 4) is 12.1 Å². The third kappa shape index (κ3) is 1.25. The number of rotatable bonds is 0. The van der Waals surface area contributed by atoms with Gasteiger partial charge < -0.3 is 0 Å². The van der Waals surface area contributed by atoms with Crippen molar-refractivity contribution in [1.82, 2.24) is 0 Å². The zero-order valence-electron chi connectivity index (χ0n) is 6.43. The van der Waals surface area contributed by atoms with Gasteiger partial charge in [0, 0.05) is 0 Å². The first-order chi connectivity index (χ1) is 5.70. The van der Waals surface area contributed by atoms with Crippen molar-refractivity contribution in [1.29, 1.82) is 10.5 Å². The Bertz CT molecular complexity index is 396. The molecule has 0 aliphatic heterocycles. The van der Waals surface area contributed by atoms with Crippen LogP contribution < -0.4 is 0 Å². The molecule has 1 aromatic carbocycles. The molecule has 0 aromatic heterocycles. The summed E-state index contributed by atoms with van der Waals surface area (Å²) in [6.07, 6.45) is 0. The van der Waals surface area contributed by atoms with E-state index >= 15 is 0 Å². The van der Waals surface area contributed by atoms with Crippen molar-refractivity contribution in [2.75, 3.05) is 0 Å². The minimum absolute atomic E-state index is 0.250. The lowest BCUT2D eigenvalue weighted by atomic mass is 10.1. The molecule has 12 heavy (non-hydrogen) atoms. The van der Waals surface area contributed by atoms with E-state index in [2.05, 4.69) is 0 Å². The van der Waals surface area contributed by atoms with Gasteiger partial charge in [-0.25, -0.2) is 0 Å². The van der Waals surface area contributed by atoms with Gasteiger partial charge >= 0.3 is 0 Å². The maximum atomic E-state index is 8.68. The quantitative estimate of drug-likeness (QED) is 0.610. The van der Waals surface area contributed by atoms with Crippen molar-refractivity contribution >= 4 is 11.6 Å². The molecule has 1 aromatic rings. The third-order valence-corrected chi connectivity index (χ3v) is 1.98. The Morgan fingerprint density at radius 2 is 1.92 bits per heavy atom. The molecule has 0 bridgehead atoms. The Kier molecular flexibility index (Phi) is 2.33. The van der Waals surface area contributed by atoms with Crippen LogP contribution in [-0.4, -0.2) is 0 Å². The van der Waals surface area contributed by atoms with Crippen LogP contribution in [0.4, 0.5) is 0 Å². The molecule has 0 saturated heterocycles. The van der Waals surface area contributed by atoms with Crippen LogP contribution >= 0.6 is 11.6 Å². The third-order valence-electron chi connectivity index (χ3n) is 1.58. The highest BCUT2D eigenvalue weighted by Gasteiger charge is 2.07. The first-order valence-corrected chi connectivity index (χ1v) is 3.67. The number of aryl methyl sites for hydroxylation is 1. The molecule has 0 amide bonds. The Balaban J connectivity index is 3.50. The number of hydrogen-bond donors (Lipinski definition) is 0. The summed E-state index contributed by atoms with van der Waals surface area (Å²) in [6, 6.07) is 7.19. The van der Waals surface area contributed by atoms with E-state index in [4.69, 9.17) is 22.1 Å². The highest BCUT2D eigenvalue weighted by Crippen LogP contribution is 2.22. The van der Waals surface area contributed by atoms with E-state index in [1.165, 1.54) is 0 Å². The Hall–Kier alpha value is -1.51. The maximum Gasteiger partial charge on any atom is 0.101 e. The van der Waals surface area contributed by atoms with E-state index in [0.29, 0.717) is 11.1 Å². The molecule has 0 N–H and O–H groups in total. The second kappa shape index (κ2) is 3.26. The van der Waals surface area contributed by atoms with Crippen LogP contribution in [0.2, 0.25) is 5.02 Å². The van der Waals surface area contributed by atoms with E-state index < -0.39 is 0 Å². The van der Waals surface area contributed by atoms with Gasteiger partial charge in [-0.2, -0.15) is 10.5 Å². The van der Waals surface area contributed by atoms with Gasteiger partial charge in [-0.3, -0.25) is 0 Å². The average molecular weight is 177 g/mol. The largest absolute Gasteiger partial charge is 0.192 e. The monoisotopic (exact) mass is 176 g/mol. The van der Waals surface area contributed by atoms with Crippen molar-refractivity contribution in [2.24, 2.45) is 0 Å². The highest BCUT2D eigenvalue weighted by molar-refractivity contribution is 6.33. The van der Waals surface area contributed by atoms with E-state index in [0.717, 1.165) is 5.56 Å². The van der Waals surface area contributed by atoms with Gasteiger partial charge in [-0.1, -0.05) is 17.7 Å². The normalized spacial score (nSPS) is 8.67. The fourth-order valence-electron chi connectivity index (χ4n) is 0.896. The van der Waals surface area contributed by atoms with E-state index in [-0.39, 0.29) is 5.02 Å². The predicted molar refractivity (Wildman–Crippen MR) is 45.6 cm³/mol. The first-order valence-electron chi connectivity index (χ1n) is 3.30. The van der Waals surface area contributed by atoms with E-state index in [1.807, 2.05) is 12.1 Å². The summed E-state index contributed by atoms with van der Waals surface area (Å²) < 4.78 is 0. The summed E-state index contributed by atoms with van der Waals surface area (Å²) >= 11 is 5.77. The van der Waals surface area contributed by atoms with Crippen LogP contribution in [0.3, 0.4) is 0 Å². The summed E-state index contributed by atoms with van der Waals surface area (Å²) in [5, 5.41) is 17.5. The lowest BCUT2D eigenvalue weighted by molar-refractivity contribution is 1.37. The molecular weight excluding hydrogens is 172 g/mol. The van der Waals surface area contributed by atoms with Gasteiger partial charge in [-0.05, 0) is 18.6 Å². The second-order valence-corrected chi connectivity index (χ2v) is 2.72. The van der Waals surface area contributed by atoms with Gasteiger partial charge in [0.25, 0.3) is 0 Å². The van der Waals surface area contributed by atoms with Crippen LogP contribution in [0.5, 0.6) is 0 Å². The Morgan fingerprint density at radius 1 is 1.25 bits per heavy atom. The van der Waals surface area contributed by atoms with Crippen molar-refractivity contribution in [3.63, 3.8) is 0 Å². The van der Waals surface area contributed by atoms with Crippen LogP contribution in [0, 0.1) is 29.6 Å². The van der Waals surface area contributed by atoms with Gasteiger partial charge in [0.05, 0.1) is 16.1 Å². The minimum Gasteiger partial charge on any atom is -0.192 e. The summed E-state index contributed by atoms with van der Waals surface area (Å²) in [4.78, 5) is 0. The predicted octanol–water partition coefficient (Wildman–Crippen LogP) is 2.39. The number of benzene rings is 1. The number of halogens is 1. The van der Waals surface area contributed by atoms with Crippen LogP contribution in [0.15, 0.2) is 12.1 Å². The highest BCUT2D eigenvalue weighted by atomic mass is 35.5. The SMILES string of the molecule is Cc1ccc(C#N)c(Cl)c1C#N. The molecule has 0 spiro atoms. The van der Waals surface area contributed by atoms with Crippen molar-refractivity contribution in [2.45, 2.75) is 6.92 Å². The molecule has 0 radical (unpaired) electrons. The fourth-order valence-corrected chi connectivity index (χ4v) is 1.19. The lowest BCUT2D eigenvalue weighted by Crippen LogP contribution is -1.87. The molecule has 0 atom stereocenters. The molecule has 0 aliphatic rings. The van der Waals surface area contributed by atoms with Crippen molar-refractivity contribution < 1.29 is 0 Å². The number of hydrogen-bond acceptors (Lipinski definition) is 2. The first kappa shape index (κ1) is 8.59.